The van der Waals surface area contributed by atoms with Crippen molar-refractivity contribution < 1.29 is 4.42 Å². The van der Waals surface area contributed by atoms with Gasteiger partial charge in [-0.3, -0.25) is 4.98 Å². The van der Waals surface area contributed by atoms with Gasteiger partial charge in [-0.05, 0) is 74.1 Å². The number of pyridine rings is 1. The van der Waals surface area contributed by atoms with Crippen LogP contribution in [0.15, 0.2) is 83.4 Å². The predicted octanol–water partition coefficient (Wildman–Crippen LogP) is 6.79. The molecule has 3 heterocycles. The van der Waals surface area contributed by atoms with Crippen molar-refractivity contribution in [2.24, 2.45) is 0 Å². The van der Waals surface area contributed by atoms with Crippen molar-refractivity contribution in [2.45, 2.75) is 25.9 Å². The minimum atomic E-state index is -0.185. The van der Waals surface area contributed by atoms with Gasteiger partial charge in [-0.2, -0.15) is 0 Å². The third-order valence-electron chi connectivity index (χ3n) is 5.78. The summed E-state index contributed by atoms with van der Waals surface area (Å²) in [4.78, 5) is 6.70. The maximum Gasteiger partial charge on any atom is 0.174 e. The van der Waals surface area contributed by atoms with Crippen LogP contribution in [-0.4, -0.2) is 10.1 Å². The highest BCUT2D eigenvalue weighted by Gasteiger charge is 2.42. The van der Waals surface area contributed by atoms with Crippen LogP contribution in [0.25, 0.3) is 11.3 Å². The van der Waals surface area contributed by atoms with Crippen molar-refractivity contribution in [1.29, 1.82) is 0 Å². The minimum absolute atomic E-state index is 0.148. The van der Waals surface area contributed by atoms with Crippen LogP contribution in [0, 0.1) is 13.8 Å². The van der Waals surface area contributed by atoms with E-state index >= 15 is 0 Å². The molecule has 0 radical (unpaired) electrons. The number of hydrogen-bond donors (Lipinski definition) is 1. The van der Waals surface area contributed by atoms with Crippen LogP contribution in [0.5, 0.6) is 0 Å². The zero-order valence-electron chi connectivity index (χ0n) is 17.7. The Bertz CT molecular complexity index is 1270. The summed E-state index contributed by atoms with van der Waals surface area (Å²) in [7, 11) is 0. The third kappa shape index (κ3) is 3.78. The lowest BCUT2D eigenvalue weighted by Gasteiger charge is -2.26. The van der Waals surface area contributed by atoms with Crippen molar-refractivity contribution in [2.75, 3.05) is 4.90 Å². The van der Waals surface area contributed by atoms with Crippen molar-refractivity contribution in [3.8, 4) is 11.3 Å². The van der Waals surface area contributed by atoms with Crippen LogP contribution in [-0.2, 0) is 0 Å². The number of rotatable bonds is 4. The van der Waals surface area contributed by atoms with Gasteiger partial charge in [0.15, 0.2) is 5.11 Å². The van der Waals surface area contributed by atoms with Crippen LogP contribution < -0.4 is 10.2 Å². The van der Waals surface area contributed by atoms with Crippen molar-refractivity contribution >= 4 is 34.6 Å². The lowest BCUT2D eigenvalue weighted by atomic mass is 10.0. The molecular weight excluding hydrogens is 438 g/mol. The second-order valence-electron chi connectivity index (χ2n) is 8.00. The van der Waals surface area contributed by atoms with E-state index in [0.717, 1.165) is 39.1 Å². The molecule has 1 saturated heterocycles. The van der Waals surface area contributed by atoms with Gasteiger partial charge < -0.3 is 14.6 Å². The van der Waals surface area contributed by atoms with Gasteiger partial charge in [0.25, 0.3) is 0 Å². The molecule has 0 amide bonds. The van der Waals surface area contributed by atoms with Gasteiger partial charge in [-0.15, -0.1) is 0 Å². The molecule has 6 heteroatoms. The van der Waals surface area contributed by atoms with Gasteiger partial charge in [0.05, 0.1) is 11.7 Å². The van der Waals surface area contributed by atoms with Crippen LogP contribution in [0.1, 0.15) is 34.7 Å². The standard InChI is InChI=1S/C26H22ClN3OS/c1-16-6-10-19(11-7-16)30-25(24(29-26(30)32)21-5-3-4-14-28-21)23-13-12-22(31-23)18-9-8-17(2)20(27)15-18/h3-15,24-25H,1-2H3,(H,29,32). The zero-order chi connectivity index (χ0) is 22.2. The number of furan rings is 1. The summed E-state index contributed by atoms with van der Waals surface area (Å²) in [6.07, 6.45) is 1.80. The first-order valence-electron chi connectivity index (χ1n) is 10.4. The van der Waals surface area contributed by atoms with Gasteiger partial charge in [-0.25, -0.2) is 0 Å². The van der Waals surface area contributed by atoms with E-state index in [1.807, 2.05) is 55.5 Å². The van der Waals surface area contributed by atoms with E-state index in [9.17, 15) is 0 Å². The molecule has 2 unspecified atom stereocenters. The number of aromatic nitrogens is 1. The van der Waals surface area contributed by atoms with Crippen molar-refractivity contribution in [3.05, 3.63) is 107 Å². The first-order valence-corrected chi connectivity index (χ1v) is 11.2. The molecule has 4 aromatic rings. The third-order valence-corrected chi connectivity index (χ3v) is 6.51. The van der Waals surface area contributed by atoms with Crippen LogP contribution in [0.3, 0.4) is 0 Å². The fraction of sp³-hybridized carbons (Fsp3) is 0.154. The van der Waals surface area contributed by atoms with E-state index in [1.165, 1.54) is 5.56 Å². The molecule has 2 aromatic carbocycles. The van der Waals surface area contributed by atoms with Crippen LogP contribution in [0.4, 0.5) is 5.69 Å². The summed E-state index contributed by atoms with van der Waals surface area (Å²) in [6, 6.07) is 23.9. The van der Waals surface area contributed by atoms with E-state index in [-0.39, 0.29) is 12.1 Å². The Labute approximate surface area is 197 Å². The highest BCUT2D eigenvalue weighted by atomic mass is 35.5. The molecule has 1 aliphatic rings. The molecule has 1 N–H and O–H groups in total. The van der Waals surface area contributed by atoms with E-state index in [2.05, 4.69) is 46.4 Å². The van der Waals surface area contributed by atoms with Gasteiger partial charge >= 0.3 is 0 Å². The average Bonchev–Trinajstić information content (AvgIpc) is 3.41. The molecule has 32 heavy (non-hydrogen) atoms. The minimum Gasteiger partial charge on any atom is -0.459 e. The monoisotopic (exact) mass is 459 g/mol. The zero-order valence-corrected chi connectivity index (χ0v) is 19.3. The number of benzene rings is 2. The van der Waals surface area contributed by atoms with Gasteiger partial charge in [-0.1, -0.05) is 47.5 Å². The maximum absolute atomic E-state index is 6.40. The Kier molecular flexibility index (Phi) is 5.45. The molecule has 2 atom stereocenters. The summed E-state index contributed by atoms with van der Waals surface area (Å²) in [5.41, 5.74) is 5.09. The summed E-state index contributed by atoms with van der Waals surface area (Å²) >= 11 is 12.1. The van der Waals surface area contributed by atoms with Gasteiger partial charge in [0, 0.05) is 22.5 Å². The Morgan fingerprint density at radius 2 is 1.81 bits per heavy atom. The molecule has 0 bridgehead atoms. The number of halogens is 1. The second-order valence-corrected chi connectivity index (χ2v) is 8.79. The number of aryl methyl sites for hydroxylation is 2. The number of thiocarbonyl (C=S) groups is 1. The first kappa shape index (κ1) is 20.7. The summed E-state index contributed by atoms with van der Waals surface area (Å²) in [6.45, 7) is 4.06. The van der Waals surface area contributed by atoms with Crippen LogP contribution in [0.2, 0.25) is 5.02 Å². The SMILES string of the molecule is Cc1ccc(N2C(=S)NC(c3ccccn3)C2c2ccc(-c3ccc(C)c(Cl)c3)o2)cc1. The Hall–Kier alpha value is -3.15. The molecule has 0 spiro atoms. The lowest BCUT2D eigenvalue weighted by molar-refractivity contribution is 0.439. The number of hydrogen-bond acceptors (Lipinski definition) is 3. The largest absolute Gasteiger partial charge is 0.459 e. The topological polar surface area (TPSA) is 41.3 Å². The first-order chi connectivity index (χ1) is 15.5. The molecule has 0 aliphatic carbocycles. The van der Waals surface area contributed by atoms with E-state index in [1.54, 1.807) is 6.20 Å². The number of nitrogens with one attached hydrogen (secondary N) is 1. The Morgan fingerprint density at radius 1 is 1.00 bits per heavy atom. The normalized spacial score (nSPS) is 18.1. The van der Waals surface area contributed by atoms with E-state index in [4.69, 9.17) is 28.2 Å². The van der Waals surface area contributed by atoms with Gasteiger partial charge in [0.2, 0.25) is 0 Å². The lowest BCUT2D eigenvalue weighted by Crippen LogP contribution is -2.29. The summed E-state index contributed by atoms with van der Waals surface area (Å²) in [5, 5.41) is 4.82. The number of nitrogens with zero attached hydrogens (tertiary/aromatic N) is 2. The van der Waals surface area contributed by atoms with Gasteiger partial charge in [0.1, 0.15) is 17.6 Å². The van der Waals surface area contributed by atoms with Crippen molar-refractivity contribution in [3.63, 3.8) is 0 Å². The molecule has 160 valence electrons. The Morgan fingerprint density at radius 3 is 2.53 bits per heavy atom. The Balaban J connectivity index is 1.59. The molecule has 5 rings (SSSR count). The summed E-state index contributed by atoms with van der Waals surface area (Å²) in [5.74, 6) is 1.57. The fourth-order valence-corrected chi connectivity index (χ4v) is 4.57. The smallest absolute Gasteiger partial charge is 0.174 e. The second kappa shape index (κ2) is 8.41. The fourth-order valence-electron chi connectivity index (χ4n) is 4.04. The molecule has 2 aromatic heterocycles. The maximum atomic E-state index is 6.40. The molecular formula is C26H22ClN3OS. The highest BCUT2D eigenvalue weighted by molar-refractivity contribution is 7.80. The summed E-state index contributed by atoms with van der Waals surface area (Å²) < 4.78 is 6.40. The van der Waals surface area contributed by atoms with E-state index in [0.29, 0.717) is 5.11 Å². The molecule has 4 nitrogen and oxygen atoms in total. The molecule has 1 fully saturated rings. The molecule has 0 saturated carbocycles. The number of anilines is 1. The quantitative estimate of drug-likeness (QED) is 0.340. The highest BCUT2D eigenvalue weighted by Crippen LogP contribution is 2.43. The average molecular weight is 460 g/mol. The van der Waals surface area contributed by atoms with Crippen molar-refractivity contribution in [1.82, 2.24) is 10.3 Å². The van der Waals surface area contributed by atoms with E-state index < -0.39 is 0 Å². The molecule has 1 aliphatic heterocycles. The van der Waals surface area contributed by atoms with Crippen LogP contribution >= 0.6 is 23.8 Å². The predicted molar refractivity (Wildman–Crippen MR) is 133 cm³/mol.